The summed E-state index contributed by atoms with van der Waals surface area (Å²) >= 11 is 12.5. The van der Waals surface area contributed by atoms with Gasteiger partial charge in [-0.3, -0.25) is 9.37 Å². The number of allylic oxidation sites excluding steroid dienone is 2. The third-order valence-corrected chi connectivity index (χ3v) is 6.32. The fourth-order valence-corrected chi connectivity index (χ4v) is 4.48. The SMILES string of the molecule is C=[N+]1C=C(Cl)C(CC(=O)c2ccc(OC(F)F)c3c2OCC2(CCOCC2)CO3)=C(Cl)[CH-]1. The van der Waals surface area contributed by atoms with Gasteiger partial charge < -0.3 is 18.9 Å². The number of ether oxygens (including phenoxy) is 4. The highest BCUT2D eigenvalue weighted by molar-refractivity contribution is 6.36. The van der Waals surface area contributed by atoms with Crippen LogP contribution in [0.5, 0.6) is 17.2 Å². The number of rotatable bonds is 5. The lowest BCUT2D eigenvalue weighted by Crippen LogP contribution is -2.39. The number of halogens is 4. The Kier molecular flexibility index (Phi) is 6.65. The van der Waals surface area contributed by atoms with Gasteiger partial charge in [-0.2, -0.15) is 8.78 Å². The second kappa shape index (κ2) is 9.29. The zero-order valence-corrected chi connectivity index (χ0v) is 18.6. The molecule has 6 nitrogen and oxygen atoms in total. The van der Waals surface area contributed by atoms with Crippen LogP contribution >= 0.6 is 23.2 Å². The van der Waals surface area contributed by atoms with Gasteiger partial charge in [-0.1, -0.05) is 28.8 Å². The molecule has 1 aromatic carbocycles. The van der Waals surface area contributed by atoms with Gasteiger partial charge in [-0.05, 0) is 25.0 Å². The number of hydrogen-bond donors (Lipinski definition) is 0. The third kappa shape index (κ3) is 4.72. The fourth-order valence-electron chi connectivity index (χ4n) is 3.84. The standard InChI is InChI=1S/C22H21Cl2F2NO5/c1-27-9-15(23)14(16(24)10-27)8-17(28)13-2-3-18(32-21(25)26)20-19(13)30-11-22(12-31-20)4-6-29-7-5-22/h2-3,9-10,21H,1,4-8,11-12H2. The van der Waals surface area contributed by atoms with Gasteiger partial charge >= 0.3 is 6.61 Å². The Morgan fingerprint density at radius 2 is 1.91 bits per heavy atom. The monoisotopic (exact) mass is 487 g/mol. The zero-order chi connectivity index (χ0) is 22.9. The first-order valence-electron chi connectivity index (χ1n) is 9.96. The van der Waals surface area contributed by atoms with E-state index in [1.165, 1.54) is 29.5 Å². The Morgan fingerprint density at radius 1 is 1.22 bits per heavy atom. The van der Waals surface area contributed by atoms with Crippen LogP contribution in [0.4, 0.5) is 8.78 Å². The summed E-state index contributed by atoms with van der Waals surface area (Å²) in [5.74, 6) is -0.487. The summed E-state index contributed by atoms with van der Waals surface area (Å²) in [6.45, 7) is 3.78. The molecule has 1 fully saturated rings. The average Bonchev–Trinajstić information content (AvgIpc) is 2.91. The Labute approximate surface area is 194 Å². The Hall–Kier alpha value is -2.29. The minimum absolute atomic E-state index is 0.0135. The third-order valence-electron chi connectivity index (χ3n) is 5.66. The van der Waals surface area contributed by atoms with Crippen molar-refractivity contribution in [3.05, 3.63) is 46.1 Å². The van der Waals surface area contributed by atoms with Crippen molar-refractivity contribution in [2.75, 3.05) is 26.4 Å². The first-order valence-corrected chi connectivity index (χ1v) is 10.7. The summed E-state index contributed by atoms with van der Waals surface area (Å²) in [6.07, 6.45) is 2.79. The quantitative estimate of drug-likeness (QED) is 0.336. The second-order valence-corrected chi connectivity index (χ2v) is 8.70. The number of hydrogen-bond acceptors (Lipinski definition) is 5. The van der Waals surface area contributed by atoms with Crippen LogP contribution in [-0.2, 0) is 4.74 Å². The lowest BCUT2D eigenvalue weighted by Gasteiger charge is -2.34. The van der Waals surface area contributed by atoms with E-state index in [-0.39, 0.29) is 63.7 Å². The van der Waals surface area contributed by atoms with E-state index in [9.17, 15) is 13.6 Å². The molecule has 0 atom stereocenters. The summed E-state index contributed by atoms with van der Waals surface area (Å²) in [5, 5.41) is 0.561. The molecule has 0 bridgehead atoms. The van der Waals surface area contributed by atoms with Gasteiger partial charge in [0.15, 0.2) is 17.3 Å². The van der Waals surface area contributed by atoms with Crippen LogP contribution in [0.3, 0.4) is 0 Å². The van der Waals surface area contributed by atoms with Crippen molar-refractivity contribution >= 4 is 35.7 Å². The van der Waals surface area contributed by atoms with E-state index in [4.69, 9.17) is 37.4 Å². The first-order chi connectivity index (χ1) is 15.3. The summed E-state index contributed by atoms with van der Waals surface area (Å²) < 4.78 is 49.4. The molecular formula is C22H21Cl2F2NO5. The molecule has 0 amide bonds. The van der Waals surface area contributed by atoms with E-state index < -0.39 is 6.61 Å². The van der Waals surface area contributed by atoms with Crippen LogP contribution in [0.25, 0.3) is 0 Å². The van der Waals surface area contributed by atoms with E-state index in [1.807, 2.05) is 0 Å². The minimum Gasteiger partial charge on any atom is -0.488 e. The Balaban J connectivity index is 1.67. The smallest absolute Gasteiger partial charge is 0.387 e. The van der Waals surface area contributed by atoms with Crippen LogP contribution in [0.15, 0.2) is 34.0 Å². The largest absolute Gasteiger partial charge is 0.488 e. The fraction of sp³-hybridized carbons (Fsp3) is 0.409. The number of carbonyl (C=O) groups is 1. The molecule has 0 aliphatic carbocycles. The molecule has 0 N–H and O–H groups in total. The topological polar surface area (TPSA) is 57.0 Å². The normalized spacial score (nSPS) is 20.0. The van der Waals surface area contributed by atoms with Crippen LogP contribution < -0.4 is 14.2 Å². The number of Topliss-reactive ketones (excluding diaryl/α,β-unsaturated/α-hetero) is 1. The Morgan fingerprint density at radius 3 is 2.56 bits per heavy atom. The zero-order valence-electron chi connectivity index (χ0n) is 17.0. The molecule has 1 saturated heterocycles. The maximum Gasteiger partial charge on any atom is 0.387 e. The van der Waals surface area contributed by atoms with Gasteiger partial charge in [0.05, 0.1) is 25.5 Å². The van der Waals surface area contributed by atoms with E-state index >= 15 is 0 Å². The molecule has 0 saturated carbocycles. The maximum absolute atomic E-state index is 13.2. The van der Waals surface area contributed by atoms with Crippen molar-refractivity contribution in [1.29, 1.82) is 0 Å². The van der Waals surface area contributed by atoms with Crippen molar-refractivity contribution in [3.63, 3.8) is 0 Å². The van der Waals surface area contributed by atoms with E-state index in [2.05, 4.69) is 11.5 Å². The van der Waals surface area contributed by atoms with Crippen LogP contribution in [0, 0.1) is 12.0 Å². The molecule has 1 aromatic rings. The number of nitrogens with zero attached hydrogens (tertiary/aromatic N) is 1. The minimum atomic E-state index is -3.05. The number of alkyl halides is 2. The van der Waals surface area contributed by atoms with E-state index in [0.29, 0.717) is 31.6 Å². The van der Waals surface area contributed by atoms with Crippen molar-refractivity contribution < 1.29 is 37.1 Å². The molecule has 3 aliphatic rings. The number of ketones is 1. The summed E-state index contributed by atoms with van der Waals surface area (Å²) in [5.41, 5.74) is 0.257. The first kappa shape index (κ1) is 22.9. The number of carbonyl (C=O) groups excluding carboxylic acids is 1. The molecule has 3 heterocycles. The van der Waals surface area contributed by atoms with Crippen molar-refractivity contribution in [1.82, 2.24) is 0 Å². The molecular weight excluding hydrogens is 467 g/mol. The lowest BCUT2D eigenvalue weighted by molar-refractivity contribution is -0.397. The van der Waals surface area contributed by atoms with Gasteiger partial charge in [-0.25, -0.2) is 0 Å². The Bertz CT molecular complexity index is 1000. The molecule has 172 valence electrons. The molecule has 1 spiro atoms. The van der Waals surface area contributed by atoms with E-state index in [0.717, 1.165) is 0 Å². The van der Waals surface area contributed by atoms with Gasteiger partial charge in [0, 0.05) is 35.1 Å². The summed E-state index contributed by atoms with van der Waals surface area (Å²) in [4.78, 5) is 13.2. The van der Waals surface area contributed by atoms with Crippen LogP contribution in [-0.4, -0.2) is 50.1 Å². The lowest BCUT2D eigenvalue weighted by atomic mass is 9.82. The van der Waals surface area contributed by atoms with Crippen LogP contribution in [0.1, 0.15) is 29.6 Å². The molecule has 0 radical (unpaired) electrons. The van der Waals surface area contributed by atoms with Crippen molar-refractivity contribution in [2.24, 2.45) is 5.41 Å². The van der Waals surface area contributed by atoms with Gasteiger partial charge in [0.1, 0.15) is 12.7 Å². The number of fused-ring (bicyclic) bond motifs is 1. The highest BCUT2D eigenvalue weighted by atomic mass is 35.5. The molecule has 0 unspecified atom stereocenters. The predicted octanol–water partition coefficient (Wildman–Crippen LogP) is 4.89. The molecule has 4 rings (SSSR count). The van der Waals surface area contributed by atoms with Crippen molar-refractivity contribution in [2.45, 2.75) is 25.9 Å². The van der Waals surface area contributed by atoms with Gasteiger partial charge in [-0.15, -0.1) is 0 Å². The molecule has 0 aromatic heterocycles. The van der Waals surface area contributed by atoms with E-state index in [1.54, 1.807) is 0 Å². The summed E-state index contributed by atoms with van der Waals surface area (Å²) in [7, 11) is 0. The molecule has 32 heavy (non-hydrogen) atoms. The van der Waals surface area contributed by atoms with Crippen molar-refractivity contribution in [3.8, 4) is 17.2 Å². The van der Waals surface area contributed by atoms with Crippen LogP contribution in [0.2, 0.25) is 0 Å². The highest BCUT2D eigenvalue weighted by Gasteiger charge is 2.39. The summed E-state index contributed by atoms with van der Waals surface area (Å²) in [6, 6.07) is 2.66. The molecule has 3 aliphatic heterocycles. The highest BCUT2D eigenvalue weighted by Crippen LogP contribution is 2.47. The van der Waals surface area contributed by atoms with Gasteiger partial charge in [0.2, 0.25) is 5.75 Å². The maximum atomic E-state index is 13.2. The average molecular weight is 488 g/mol. The molecule has 10 heteroatoms. The number of benzene rings is 1. The second-order valence-electron chi connectivity index (χ2n) is 7.88. The predicted molar refractivity (Wildman–Crippen MR) is 114 cm³/mol. The van der Waals surface area contributed by atoms with Gasteiger partial charge in [0.25, 0.3) is 0 Å².